The average molecular weight is 346 g/mol. The van der Waals surface area contributed by atoms with Crippen molar-refractivity contribution in [2.45, 2.75) is 32.4 Å². The van der Waals surface area contributed by atoms with Gasteiger partial charge in [0.1, 0.15) is 5.01 Å². The highest BCUT2D eigenvalue weighted by molar-refractivity contribution is 7.13. The van der Waals surface area contributed by atoms with E-state index >= 15 is 0 Å². The van der Waals surface area contributed by atoms with E-state index in [1.54, 1.807) is 0 Å². The number of hydrogen-bond donors (Lipinski definition) is 1. The normalized spacial score (nSPS) is 16.2. The number of amides is 1. The van der Waals surface area contributed by atoms with Crippen molar-refractivity contribution >= 4 is 22.9 Å². The van der Waals surface area contributed by atoms with E-state index in [0.717, 1.165) is 49.8 Å². The summed E-state index contributed by atoms with van der Waals surface area (Å²) in [5.74, 6) is -0.208. The van der Waals surface area contributed by atoms with Gasteiger partial charge in [0.25, 0.3) is 5.91 Å². The molecule has 0 saturated carbocycles. The number of hydrogen-bond acceptors (Lipinski definition) is 6. The Hall–Kier alpha value is -1.83. The first-order valence-electron chi connectivity index (χ1n) is 8.27. The number of piperidine rings is 1. The van der Waals surface area contributed by atoms with Crippen LogP contribution in [0.4, 0.5) is 5.69 Å². The largest absolute Gasteiger partial charge is 0.378 e. The molecule has 1 fully saturated rings. The standard InChI is InChI=1S/C17H22N4O2S/c1-2-23-14-8-10-21(11-9-14)12-15-19-20-17(24-15)16(22)18-13-6-4-3-5-7-13/h3-7,14H,2,8-12H2,1H3,(H,18,22). The quantitative estimate of drug-likeness (QED) is 0.871. The SMILES string of the molecule is CCOC1CCN(Cc2nnc(C(=O)Nc3ccccc3)s2)CC1. The van der Waals surface area contributed by atoms with E-state index in [0.29, 0.717) is 11.1 Å². The van der Waals surface area contributed by atoms with Crippen LogP contribution in [0.5, 0.6) is 0 Å². The van der Waals surface area contributed by atoms with Gasteiger partial charge in [-0.25, -0.2) is 0 Å². The summed E-state index contributed by atoms with van der Waals surface area (Å²) in [4.78, 5) is 14.5. The van der Waals surface area contributed by atoms with Crippen molar-refractivity contribution < 1.29 is 9.53 Å². The molecule has 3 rings (SSSR count). The lowest BCUT2D eigenvalue weighted by atomic mass is 10.1. The third kappa shape index (κ3) is 4.59. The highest BCUT2D eigenvalue weighted by Gasteiger charge is 2.21. The molecule has 0 spiro atoms. The Morgan fingerprint density at radius 2 is 2.04 bits per heavy atom. The Balaban J connectivity index is 1.51. The molecule has 6 nitrogen and oxygen atoms in total. The van der Waals surface area contributed by atoms with Gasteiger partial charge in [-0.2, -0.15) is 0 Å². The first-order valence-corrected chi connectivity index (χ1v) is 9.09. The van der Waals surface area contributed by atoms with E-state index in [2.05, 4.69) is 20.4 Å². The van der Waals surface area contributed by atoms with Gasteiger partial charge in [0, 0.05) is 25.4 Å². The number of carbonyl (C=O) groups is 1. The number of benzene rings is 1. The van der Waals surface area contributed by atoms with Crippen molar-refractivity contribution in [3.63, 3.8) is 0 Å². The third-order valence-corrected chi connectivity index (χ3v) is 4.90. The van der Waals surface area contributed by atoms with Gasteiger partial charge in [0.2, 0.25) is 5.01 Å². The molecule has 1 aromatic heterocycles. The molecule has 0 aliphatic carbocycles. The number of rotatable bonds is 6. The fraction of sp³-hybridized carbons (Fsp3) is 0.471. The fourth-order valence-corrected chi connectivity index (χ4v) is 3.55. The molecule has 1 saturated heterocycles. The minimum atomic E-state index is -0.208. The zero-order valence-corrected chi connectivity index (χ0v) is 14.6. The smallest absolute Gasteiger partial charge is 0.286 e. The first-order chi connectivity index (χ1) is 11.7. The van der Waals surface area contributed by atoms with Crippen molar-refractivity contribution in [1.29, 1.82) is 0 Å². The molecule has 1 aliphatic heterocycles. The number of ether oxygens (including phenoxy) is 1. The Morgan fingerprint density at radius 3 is 2.75 bits per heavy atom. The fourth-order valence-electron chi connectivity index (χ4n) is 2.78. The molecule has 24 heavy (non-hydrogen) atoms. The number of nitrogens with one attached hydrogen (secondary N) is 1. The third-order valence-electron chi connectivity index (χ3n) is 3.99. The number of likely N-dealkylation sites (tertiary alicyclic amines) is 1. The molecular formula is C17H22N4O2S. The molecule has 0 atom stereocenters. The maximum atomic E-state index is 12.2. The summed E-state index contributed by atoms with van der Waals surface area (Å²) in [5, 5.41) is 12.3. The van der Waals surface area contributed by atoms with E-state index < -0.39 is 0 Å². The van der Waals surface area contributed by atoms with Crippen molar-refractivity contribution in [1.82, 2.24) is 15.1 Å². The van der Waals surface area contributed by atoms with Crippen LogP contribution in [-0.2, 0) is 11.3 Å². The van der Waals surface area contributed by atoms with Crippen molar-refractivity contribution in [2.75, 3.05) is 25.0 Å². The molecule has 1 N–H and O–H groups in total. The van der Waals surface area contributed by atoms with Crippen LogP contribution in [-0.4, -0.2) is 46.8 Å². The topological polar surface area (TPSA) is 67.3 Å². The van der Waals surface area contributed by atoms with Gasteiger partial charge >= 0.3 is 0 Å². The molecule has 7 heteroatoms. The zero-order valence-electron chi connectivity index (χ0n) is 13.8. The van der Waals surface area contributed by atoms with Crippen LogP contribution in [0, 0.1) is 0 Å². The van der Waals surface area contributed by atoms with Gasteiger partial charge in [0.05, 0.1) is 12.6 Å². The molecule has 1 aliphatic rings. The summed E-state index contributed by atoms with van der Waals surface area (Å²) in [6, 6.07) is 9.37. The summed E-state index contributed by atoms with van der Waals surface area (Å²) in [5.41, 5.74) is 0.761. The van der Waals surface area contributed by atoms with Crippen LogP contribution >= 0.6 is 11.3 Å². The average Bonchev–Trinajstić information content (AvgIpc) is 3.06. The van der Waals surface area contributed by atoms with E-state index in [9.17, 15) is 4.79 Å². The minimum Gasteiger partial charge on any atom is -0.378 e. The molecule has 1 amide bonds. The Bertz CT molecular complexity index is 654. The predicted molar refractivity (Wildman–Crippen MR) is 94.2 cm³/mol. The maximum absolute atomic E-state index is 12.2. The molecule has 0 radical (unpaired) electrons. The highest BCUT2D eigenvalue weighted by atomic mass is 32.1. The molecule has 2 heterocycles. The lowest BCUT2D eigenvalue weighted by Gasteiger charge is -2.30. The second-order valence-corrected chi connectivity index (χ2v) is 6.81. The van der Waals surface area contributed by atoms with E-state index in [1.165, 1.54) is 11.3 Å². The number of anilines is 1. The van der Waals surface area contributed by atoms with Crippen LogP contribution in [0.3, 0.4) is 0 Å². The molecule has 0 unspecified atom stereocenters. The zero-order chi connectivity index (χ0) is 16.8. The number of carbonyl (C=O) groups excluding carboxylic acids is 1. The second-order valence-electron chi connectivity index (χ2n) is 5.75. The van der Waals surface area contributed by atoms with Crippen molar-refractivity contribution in [3.8, 4) is 0 Å². The van der Waals surface area contributed by atoms with Gasteiger partial charge < -0.3 is 10.1 Å². The summed E-state index contributed by atoms with van der Waals surface area (Å²) < 4.78 is 5.67. The van der Waals surface area contributed by atoms with Crippen molar-refractivity contribution in [3.05, 3.63) is 40.3 Å². The number of nitrogens with zero attached hydrogens (tertiary/aromatic N) is 3. The number of aromatic nitrogens is 2. The van der Waals surface area contributed by atoms with Gasteiger partial charge in [-0.15, -0.1) is 10.2 Å². The van der Waals surface area contributed by atoms with Crippen LogP contribution in [0.15, 0.2) is 30.3 Å². The van der Waals surface area contributed by atoms with E-state index in [4.69, 9.17) is 4.74 Å². The van der Waals surface area contributed by atoms with Crippen LogP contribution in [0.2, 0.25) is 0 Å². The first kappa shape index (κ1) is 17.0. The molecular weight excluding hydrogens is 324 g/mol. The monoisotopic (exact) mass is 346 g/mol. The predicted octanol–water partition coefficient (Wildman–Crippen LogP) is 2.79. The highest BCUT2D eigenvalue weighted by Crippen LogP contribution is 2.19. The Morgan fingerprint density at radius 1 is 1.29 bits per heavy atom. The van der Waals surface area contributed by atoms with Crippen molar-refractivity contribution in [2.24, 2.45) is 0 Å². The van der Waals surface area contributed by atoms with Gasteiger partial charge in [-0.3, -0.25) is 9.69 Å². The number of para-hydroxylation sites is 1. The lowest BCUT2D eigenvalue weighted by Crippen LogP contribution is -2.36. The molecule has 0 bridgehead atoms. The van der Waals surface area contributed by atoms with Crippen LogP contribution < -0.4 is 5.32 Å². The Labute approximate surface area is 145 Å². The lowest BCUT2D eigenvalue weighted by molar-refractivity contribution is 0.0125. The van der Waals surface area contributed by atoms with E-state index in [1.807, 2.05) is 37.3 Å². The summed E-state index contributed by atoms with van der Waals surface area (Å²) in [6.07, 6.45) is 2.48. The summed E-state index contributed by atoms with van der Waals surface area (Å²) in [7, 11) is 0. The van der Waals surface area contributed by atoms with Gasteiger partial charge in [-0.05, 0) is 31.9 Å². The summed E-state index contributed by atoms with van der Waals surface area (Å²) >= 11 is 1.36. The maximum Gasteiger partial charge on any atom is 0.286 e. The van der Waals surface area contributed by atoms with Crippen LogP contribution in [0.1, 0.15) is 34.6 Å². The molecule has 1 aromatic carbocycles. The van der Waals surface area contributed by atoms with Crippen LogP contribution in [0.25, 0.3) is 0 Å². The summed E-state index contributed by atoms with van der Waals surface area (Å²) in [6.45, 7) is 5.55. The van der Waals surface area contributed by atoms with E-state index in [-0.39, 0.29) is 5.91 Å². The van der Waals surface area contributed by atoms with Gasteiger partial charge in [-0.1, -0.05) is 29.5 Å². The Kier molecular flexibility index (Phi) is 5.90. The second kappa shape index (κ2) is 8.32. The van der Waals surface area contributed by atoms with Gasteiger partial charge in [0.15, 0.2) is 0 Å². The minimum absolute atomic E-state index is 0.208. The molecule has 128 valence electrons. The molecule has 2 aromatic rings.